The molecule has 0 rings (SSSR count). The van der Waals surface area contributed by atoms with Crippen molar-refractivity contribution < 1.29 is 24.2 Å². The van der Waals surface area contributed by atoms with Crippen LogP contribution in [-0.2, 0) is 19.1 Å². The molecule has 316 valence electrons. The average molecular weight is 752 g/mol. The maximum Gasteiger partial charge on any atom is 0.305 e. The lowest BCUT2D eigenvalue weighted by Gasteiger charge is -2.26. The summed E-state index contributed by atoms with van der Waals surface area (Å²) in [6, 6.07) is 0. The highest BCUT2D eigenvalue weighted by atomic mass is 16.5. The van der Waals surface area contributed by atoms with Gasteiger partial charge in [0.15, 0.2) is 0 Å². The van der Waals surface area contributed by atoms with Crippen LogP contribution in [-0.4, -0.2) is 61.4 Å². The molecule has 0 saturated carbocycles. The van der Waals surface area contributed by atoms with E-state index < -0.39 is 0 Å². The summed E-state index contributed by atoms with van der Waals surface area (Å²) in [4.78, 5) is 27.2. The van der Waals surface area contributed by atoms with Gasteiger partial charge < -0.3 is 19.5 Å². The molecule has 0 unspecified atom stereocenters. The largest absolute Gasteiger partial charge is 0.466 e. The first-order valence-corrected chi connectivity index (χ1v) is 23.4. The maximum atomic E-state index is 12.5. The Labute approximate surface area is 331 Å². The summed E-state index contributed by atoms with van der Waals surface area (Å²) >= 11 is 0. The molecule has 0 amide bonds. The van der Waals surface area contributed by atoms with Gasteiger partial charge in [0.25, 0.3) is 0 Å². The second kappa shape index (κ2) is 39.1. The van der Waals surface area contributed by atoms with Gasteiger partial charge in [-0.2, -0.15) is 0 Å². The zero-order chi connectivity index (χ0) is 39.1. The minimum absolute atomic E-state index is 0.00939. The Morgan fingerprint density at radius 2 is 0.906 bits per heavy atom. The number of rotatable bonds is 42. The van der Waals surface area contributed by atoms with E-state index in [-0.39, 0.29) is 24.0 Å². The van der Waals surface area contributed by atoms with E-state index in [2.05, 4.69) is 39.5 Å². The Balaban J connectivity index is 4.21. The lowest BCUT2D eigenvalue weighted by Crippen LogP contribution is -2.28. The van der Waals surface area contributed by atoms with E-state index in [0.29, 0.717) is 32.0 Å². The number of carbonyl (C=O) groups is 2. The van der Waals surface area contributed by atoms with Crippen LogP contribution in [0.25, 0.3) is 0 Å². The van der Waals surface area contributed by atoms with Gasteiger partial charge in [0.1, 0.15) is 0 Å². The predicted octanol–water partition coefficient (Wildman–Crippen LogP) is 13.6. The number of aliphatic hydroxyl groups excluding tert-OH is 1. The van der Waals surface area contributed by atoms with E-state index in [1.54, 1.807) is 0 Å². The van der Waals surface area contributed by atoms with Crippen LogP contribution >= 0.6 is 0 Å². The van der Waals surface area contributed by atoms with Crippen LogP contribution in [0.15, 0.2) is 0 Å². The molecule has 0 spiro atoms. The first kappa shape index (κ1) is 51.9. The van der Waals surface area contributed by atoms with Gasteiger partial charge in [0.2, 0.25) is 0 Å². The van der Waals surface area contributed by atoms with Crippen LogP contribution in [0.1, 0.15) is 240 Å². The third kappa shape index (κ3) is 37.6. The van der Waals surface area contributed by atoms with E-state index >= 15 is 0 Å². The molecule has 6 nitrogen and oxygen atoms in total. The normalized spacial score (nSPS) is 11.9. The molecule has 0 saturated heterocycles. The molecule has 1 N–H and O–H groups in total. The predicted molar refractivity (Wildman–Crippen MR) is 227 cm³/mol. The number of esters is 2. The van der Waals surface area contributed by atoms with Gasteiger partial charge in [-0.25, -0.2) is 0 Å². The summed E-state index contributed by atoms with van der Waals surface area (Å²) in [5, 5.41) is 9.31. The van der Waals surface area contributed by atoms with E-state index in [0.717, 1.165) is 90.3 Å². The lowest BCUT2D eigenvalue weighted by atomic mass is 9.84. The number of hydrogen-bond acceptors (Lipinski definition) is 6. The minimum Gasteiger partial charge on any atom is -0.466 e. The molecule has 0 heterocycles. The van der Waals surface area contributed by atoms with E-state index in [1.165, 1.54) is 122 Å². The molecule has 0 aliphatic heterocycles. The Bertz CT molecular complexity index is 773. The van der Waals surface area contributed by atoms with Crippen LogP contribution < -0.4 is 0 Å². The summed E-state index contributed by atoms with van der Waals surface area (Å²) in [5.41, 5.74) is 0.173. The molecule has 6 heteroatoms. The van der Waals surface area contributed by atoms with Gasteiger partial charge >= 0.3 is 11.9 Å². The summed E-state index contributed by atoms with van der Waals surface area (Å²) in [5.74, 6) is 0.669. The van der Waals surface area contributed by atoms with Gasteiger partial charge in [0.05, 0.1) is 13.2 Å². The highest BCUT2D eigenvalue weighted by Gasteiger charge is 2.19. The number of aliphatic hydroxyl groups is 1. The zero-order valence-electron chi connectivity index (χ0n) is 36.5. The monoisotopic (exact) mass is 752 g/mol. The molecule has 0 aromatic rings. The maximum absolute atomic E-state index is 12.5. The van der Waals surface area contributed by atoms with Crippen molar-refractivity contribution in [2.45, 2.75) is 240 Å². The molecule has 0 radical (unpaired) electrons. The van der Waals surface area contributed by atoms with Crippen LogP contribution in [0, 0.1) is 11.3 Å². The molecular weight excluding hydrogens is 659 g/mol. The summed E-state index contributed by atoms with van der Waals surface area (Å²) < 4.78 is 11.3. The Hall–Kier alpha value is -1.14. The zero-order valence-corrected chi connectivity index (χ0v) is 36.5. The molecule has 0 fully saturated rings. The van der Waals surface area contributed by atoms with E-state index in [4.69, 9.17) is 9.47 Å². The second-order valence-corrected chi connectivity index (χ2v) is 17.2. The number of hydrogen-bond donors (Lipinski definition) is 1. The summed E-state index contributed by atoms with van der Waals surface area (Å²) in [6.07, 6.45) is 37.2. The van der Waals surface area contributed by atoms with Gasteiger partial charge in [-0.1, -0.05) is 169 Å². The molecule has 0 aromatic carbocycles. The van der Waals surface area contributed by atoms with Gasteiger partial charge in [-0.05, 0) is 88.8 Å². The number of unbranched alkanes of at least 4 members (excludes halogenated alkanes) is 19. The lowest BCUT2D eigenvalue weighted by molar-refractivity contribution is -0.145. The Morgan fingerprint density at radius 1 is 0.491 bits per heavy atom. The average Bonchev–Trinajstić information content (AvgIpc) is 3.13. The van der Waals surface area contributed by atoms with Gasteiger partial charge in [-0.3, -0.25) is 9.59 Å². The van der Waals surface area contributed by atoms with Crippen molar-refractivity contribution in [1.82, 2.24) is 4.90 Å². The second-order valence-electron chi connectivity index (χ2n) is 17.2. The van der Waals surface area contributed by atoms with Crippen molar-refractivity contribution in [1.29, 1.82) is 0 Å². The van der Waals surface area contributed by atoms with E-state index in [1.807, 2.05) is 0 Å². The Morgan fingerprint density at radius 3 is 1.42 bits per heavy atom. The van der Waals surface area contributed by atoms with Crippen LogP contribution in [0.3, 0.4) is 0 Å². The van der Waals surface area contributed by atoms with Crippen molar-refractivity contribution in [2.24, 2.45) is 11.3 Å². The SMILES string of the molecule is CCCCCCCCCC(=O)OCCC(C)(C)CCCCN(CCCCO)CCCCCCC(=O)OCCC(CCCCCCC)CCCCCCC. The molecule has 0 bridgehead atoms. The first-order valence-electron chi connectivity index (χ1n) is 23.4. The van der Waals surface area contributed by atoms with Crippen molar-refractivity contribution in [2.75, 3.05) is 39.5 Å². The fraction of sp³-hybridized carbons (Fsp3) is 0.957. The third-order valence-corrected chi connectivity index (χ3v) is 11.3. The van der Waals surface area contributed by atoms with Gasteiger partial charge in [0, 0.05) is 19.4 Å². The highest BCUT2D eigenvalue weighted by molar-refractivity contribution is 5.69. The molecule has 0 aromatic heterocycles. The number of nitrogens with zero attached hydrogens (tertiary/aromatic N) is 1. The van der Waals surface area contributed by atoms with Crippen molar-refractivity contribution in [3.63, 3.8) is 0 Å². The fourth-order valence-electron chi connectivity index (χ4n) is 7.46. The topological polar surface area (TPSA) is 76.1 Å². The Kier molecular flexibility index (Phi) is 38.3. The summed E-state index contributed by atoms with van der Waals surface area (Å²) in [7, 11) is 0. The standard InChI is InChI=1S/C47H93NO5/c1-6-9-12-15-16-19-24-34-46(51)53-43-37-47(4,5)36-26-28-39-48(40-29-30-41-49)38-27-21-20-25-33-45(50)52-42-35-44(31-22-17-13-10-7-2)32-23-18-14-11-8-3/h44,49H,6-43H2,1-5H3. The fourth-order valence-corrected chi connectivity index (χ4v) is 7.46. The van der Waals surface area contributed by atoms with E-state index in [9.17, 15) is 14.7 Å². The van der Waals surface area contributed by atoms with Crippen LogP contribution in [0.4, 0.5) is 0 Å². The molecule has 0 aliphatic rings. The van der Waals surface area contributed by atoms with Gasteiger partial charge in [-0.15, -0.1) is 0 Å². The smallest absolute Gasteiger partial charge is 0.305 e. The molecular formula is C47H93NO5. The number of ether oxygens (including phenoxy) is 2. The molecule has 53 heavy (non-hydrogen) atoms. The highest BCUT2D eigenvalue weighted by Crippen LogP contribution is 2.28. The van der Waals surface area contributed by atoms with Crippen LogP contribution in [0.5, 0.6) is 0 Å². The quantitative estimate of drug-likeness (QED) is 0.0494. The molecule has 0 atom stereocenters. The number of carbonyl (C=O) groups excluding carboxylic acids is 2. The van der Waals surface area contributed by atoms with Crippen molar-refractivity contribution in [3.05, 3.63) is 0 Å². The molecule has 0 aliphatic carbocycles. The van der Waals surface area contributed by atoms with Crippen molar-refractivity contribution in [3.8, 4) is 0 Å². The third-order valence-electron chi connectivity index (χ3n) is 11.3. The minimum atomic E-state index is -0.0290. The van der Waals surface area contributed by atoms with Crippen molar-refractivity contribution >= 4 is 11.9 Å². The summed E-state index contributed by atoms with van der Waals surface area (Å²) in [6.45, 7) is 16.0. The van der Waals surface area contributed by atoms with Crippen LogP contribution in [0.2, 0.25) is 0 Å². The first-order chi connectivity index (χ1) is 25.8.